The average molecular weight is 348 g/mol. The molecule has 0 spiro atoms. The van der Waals surface area contributed by atoms with Crippen molar-refractivity contribution in [1.29, 1.82) is 0 Å². The van der Waals surface area contributed by atoms with Crippen molar-refractivity contribution in [2.24, 2.45) is 0 Å². The minimum absolute atomic E-state index is 0.0137. The molecule has 1 saturated carbocycles. The number of hydrogen-bond acceptors (Lipinski definition) is 4. The van der Waals surface area contributed by atoms with Crippen LogP contribution < -0.4 is 10.1 Å². The summed E-state index contributed by atoms with van der Waals surface area (Å²) in [6.07, 6.45) is 0.928. The Hall–Kier alpha value is -1.59. The third-order valence-corrected chi connectivity index (χ3v) is 4.68. The fourth-order valence-electron chi connectivity index (χ4n) is 3.00. The maximum absolute atomic E-state index is 10.5. The van der Waals surface area contributed by atoms with Crippen molar-refractivity contribution in [3.05, 3.63) is 64.7 Å². The molecule has 1 fully saturated rings. The van der Waals surface area contributed by atoms with Crippen molar-refractivity contribution >= 4 is 11.6 Å². The van der Waals surface area contributed by atoms with E-state index >= 15 is 0 Å². The van der Waals surface area contributed by atoms with E-state index in [-0.39, 0.29) is 18.8 Å². The molecule has 3 N–H and O–H groups in total. The molecule has 5 heteroatoms. The lowest BCUT2D eigenvalue weighted by atomic mass is 10.1. The standard InChI is InChI=1S/C19H22ClNO3/c20-15-5-7-16(8-6-15)24-18-10-9-17(19(18)23)21-11-13-1-3-14(12-22)4-2-13/h1-8,17-19,21-23H,9-12H2/t17-,18-,19+/m1/s1. The lowest BCUT2D eigenvalue weighted by molar-refractivity contribution is 0.0449. The molecule has 2 aromatic carbocycles. The van der Waals surface area contributed by atoms with Crippen LogP contribution in [0.3, 0.4) is 0 Å². The van der Waals surface area contributed by atoms with Gasteiger partial charge in [-0.2, -0.15) is 0 Å². The molecule has 24 heavy (non-hydrogen) atoms. The summed E-state index contributed by atoms with van der Waals surface area (Å²) in [4.78, 5) is 0. The van der Waals surface area contributed by atoms with Crippen molar-refractivity contribution in [3.8, 4) is 5.75 Å². The van der Waals surface area contributed by atoms with E-state index in [1.807, 2.05) is 36.4 Å². The second-order valence-corrected chi connectivity index (χ2v) is 6.58. The summed E-state index contributed by atoms with van der Waals surface area (Å²) in [7, 11) is 0. The number of aliphatic hydroxyl groups excluding tert-OH is 2. The maximum atomic E-state index is 10.5. The summed E-state index contributed by atoms with van der Waals surface area (Å²) >= 11 is 5.87. The second-order valence-electron chi connectivity index (χ2n) is 6.14. The number of halogens is 1. The zero-order chi connectivity index (χ0) is 16.9. The molecule has 0 amide bonds. The highest BCUT2D eigenvalue weighted by Gasteiger charge is 2.35. The lowest BCUT2D eigenvalue weighted by Crippen LogP contribution is -2.41. The van der Waals surface area contributed by atoms with E-state index in [1.54, 1.807) is 12.1 Å². The van der Waals surface area contributed by atoms with Gasteiger partial charge in [0, 0.05) is 17.6 Å². The van der Waals surface area contributed by atoms with E-state index in [4.69, 9.17) is 21.4 Å². The van der Waals surface area contributed by atoms with Crippen LogP contribution in [0, 0.1) is 0 Å². The van der Waals surface area contributed by atoms with E-state index < -0.39 is 6.10 Å². The molecule has 3 atom stereocenters. The van der Waals surface area contributed by atoms with Crippen LogP contribution in [0.4, 0.5) is 0 Å². The van der Waals surface area contributed by atoms with Gasteiger partial charge in [-0.25, -0.2) is 0 Å². The van der Waals surface area contributed by atoms with Crippen molar-refractivity contribution in [1.82, 2.24) is 5.32 Å². The quantitative estimate of drug-likeness (QED) is 0.752. The maximum Gasteiger partial charge on any atom is 0.126 e. The molecule has 2 aromatic rings. The van der Waals surface area contributed by atoms with E-state index in [2.05, 4.69) is 5.32 Å². The van der Waals surface area contributed by atoms with Crippen molar-refractivity contribution in [2.75, 3.05) is 0 Å². The molecule has 0 aromatic heterocycles. The van der Waals surface area contributed by atoms with Gasteiger partial charge in [0.2, 0.25) is 0 Å². The highest BCUT2D eigenvalue weighted by Crippen LogP contribution is 2.26. The van der Waals surface area contributed by atoms with E-state index in [0.717, 1.165) is 29.7 Å². The van der Waals surface area contributed by atoms with Crippen molar-refractivity contribution in [3.63, 3.8) is 0 Å². The summed E-state index contributed by atoms with van der Waals surface area (Å²) < 4.78 is 5.88. The SMILES string of the molecule is OCc1ccc(CN[C@@H]2CC[C@@H](Oc3ccc(Cl)cc3)[C@H]2O)cc1. The second kappa shape index (κ2) is 7.99. The lowest BCUT2D eigenvalue weighted by Gasteiger charge is -2.22. The number of benzene rings is 2. The summed E-state index contributed by atoms with van der Waals surface area (Å²) in [6.45, 7) is 0.736. The van der Waals surface area contributed by atoms with Crippen LogP contribution in [-0.2, 0) is 13.2 Å². The molecule has 1 aliphatic carbocycles. The Labute approximate surface area is 147 Å². The summed E-state index contributed by atoms with van der Waals surface area (Å²) in [5.74, 6) is 0.726. The van der Waals surface area contributed by atoms with Crippen molar-refractivity contribution in [2.45, 2.75) is 44.2 Å². The molecule has 1 aliphatic rings. The Balaban J connectivity index is 1.51. The Morgan fingerprint density at radius 2 is 1.67 bits per heavy atom. The van der Waals surface area contributed by atoms with E-state index in [9.17, 15) is 5.11 Å². The van der Waals surface area contributed by atoms with Crippen LogP contribution >= 0.6 is 11.6 Å². The van der Waals surface area contributed by atoms with Crippen LogP contribution in [0.2, 0.25) is 5.02 Å². The smallest absolute Gasteiger partial charge is 0.126 e. The van der Waals surface area contributed by atoms with Crippen LogP contribution in [0.1, 0.15) is 24.0 Å². The van der Waals surface area contributed by atoms with E-state index in [1.165, 1.54) is 0 Å². The van der Waals surface area contributed by atoms with Gasteiger partial charge in [0.05, 0.1) is 6.61 Å². The predicted octanol–water partition coefficient (Wildman–Crippen LogP) is 2.89. The molecular weight excluding hydrogens is 326 g/mol. The highest BCUT2D eigenvalue weighted by molar-refractivity contribution is 6.30. The van der Waals surface area contributed by atoms with Crippen LogP contribution in [0.15, 0.2) is 48.5 Å². The molecule has 0 bridgehead atoms. The third-order valence-electron chi connectivity index (χ3n) is 4.43. The Kier molecular flexibility index (Phi) is 5.74. The fraction of sp³-hybridized carbons (Fsp3) is 0.368. The normalized spacial score (nSPS) is 23.4. The van der Waals surface area contributed by atoms with Gasteiger partial charge in [-0.3, -0.25) is 0 Å². The number of nitrogens with one attached hydrogen (secondary N) is 1. The molecule has 0 unspecified atom stereocenters. The predicted molar refractivity (Wildman–Crippen MR) is 94.1 cm³/mol. The zero-order valence-electron chi connectivity index (χ0n) is 13.4. The van der Waals surface area contributed by atoms with Crippen molar-refractivity contribution < 1.29 is 14.9 Å². The highest BCUT2D eigenvalue weighted by atomic mass is 35.5. The monoisotopic (exact) mass is 347 g/mol. The molecular formula is C19H22ClNO3. The van der Waals surface area contributed by atoms with Gasteiger partial charge in [0.15, 0.2) is 0 Å². The third kappa shape index (κ3) is 4.28. The number of hydrogen-bond donors (Lipinski definition) is 3. The largest absolute Gasteiger partial charge is 0.488 e. The Morgan fingerprint density at radius 3 is 2.33 bits per heavy atom. The van der Waals surface area contributed by atoms with Gasteiger partial charge in [0.25, 0.3) is 0 Å². The average Bonchev–Trinajstić information content (AvgIpc) is 2.95. The van der Waals surface area contributed by atoms with Crippen LogP contribution in [0.25, 0.3) is 0 Å². The first-order chi connectivity index (χ1) is 11.7. The van der Waals surface area contributed by atoms with Gasteiger partial charge in [-0.1, -0.05) is 35.9 Å². The van der Waals surface area contributed by atoms with Gasteiger partial charge in [0.1, 0.15) is 18.0 Å². The Bertz CT molecular complexity index is 645. The van der Waals surface area contributed by atoms with Crippen LogP contribution in [-0.4, -0.2) is 28.5 Å². The fourth-order valence-corrected chi connectivity index (χ4v) is 3.12. The van der Waals surface area contributed by atoms with Gasteiger partial charge in [-0.05, 0) is 48.2 Å². The van der Waals surface area contributed by atoms with Gasteiger partial charge >= 0.3 is 0 Å². The minimum Gasteiger partial charge on any atom is -0.488 e. The van der Waals surface area contributed by atoms with Gasteiger partial charge < -0.3 is 20.3 Å². The van der Waals surface area contributed by atoms with Gasteiger partial charge in [-0.15, -0.1) is 0 Å². The number of ether oxygens (including phenoxy) is 1. The molecule has 0 heterocycles. The first-order valence-corrected chi connectivity index (χ1v) is 8.56. The summed E-state index contributed by atoms with van der Waals surface area (Å²) in [5, 5.41) is 23.6. The first-order valence-electron chi connectivity index (χ1n) is 8.18. The molecule has 0 radical (unpaired) electrons. The molecule has 3 rings (SSSR count). The summed E-state index contributed by atoms with van der Waals surface area (Å²) in [6, 6.07) is 15.0. The molecule has 0 aliphatic heterocycles. The molecule has 4 nitrogen and oxygen atoms in total. The first kappa shape index (κ1) is 17.2. The zero-order valence-corrected chi connectivity index (χ0v) is 14.1. The van der Waals surface area contributed by atoms with Crippen LogP contribution in [0.5, 0.6) is 5.75 Å². The number of rotatable bonds is 6. The Morgan fingerprint density at radius 1 is 1.00 bits per heavy atom. The topological polar surface area (TPSA) is 61.7 Å². The summed E-state index contributed by atoms with van der Waals surface area (Å²) in [5.41, 5.74) is 2.03. The minimum atomic E-state index is -0.544. The molecule has 128 valence electrons. The van der Waals surface area contributed by atoms with E-state index in [0.29, 0.717) is 11.6 Å². The molecule has 0 saturated heterocycles. The number of aliphatic hydroxyl groups is 2.